The quantitative estimate of drug-likeness (QED) is 0.833. The van der Waals surface area contributed by atoms with Gasteiger partial charge in [-0.2, -0.15) is 0 Å². The molecule has 1 aromatic heterocycles. The Bertz CT molecular complexity index is 363. The standard InChI is InChI=1S/C10H15BrN4O/c1-15-8(10(11)13-14-15)9(16)7-5-3-2-4-6-12-7/h7,12H,2-6H2,1H3. The third-order valence-corrected chi connectivity index (χ3v) is 3.43. The van der Waals surface area contributed by atoms with Gasteiger partial charge in [0.25, 0.3) is 0 Å². The molecule has 2 rings (SSSR count). The summed E-state index contributed by atoms with van der Waals surface area (Å²) in [6, 6.07) is -0.0870. The molecule has 6 heteroatoms. The van der Waals surface area contributed by atoms with Gasteiger partial charge in [-0.3, -0.25) is 4.79 Å². The molecule has 0 aliphatic carbocycles. The van der Waals surface area contributed by atoms with E-state index in [1.165, 1.54) is 11.1 Å². The summed E-state index contributed by atoms with van der Waals surface area (Å²) in [4.78, 5) is 12.3. The van der Waals surface area contributed by atoms with E-state index < -0.39 is 0 Å². The van der Waals surface area contributed by atoms with Gasteiger partial charge < -0.3 is 5.32 Å². The van der Waals surface area contributed by atoms with Gasteiger partial charge in [-0.1, -0.05) is 18.1 Å². The van der Waals surface area contributed by atoms with Gasteiger partial charge in [-0.15, -0.1) is 5.10 Å². The molecule has 88 valence electrons. The van der Waals surface area contributed by atoms with Crippen molar-refractivity contribution in [3.8, 4) is 0 Å². The lowest BCUT2D eigenvalue weighted by Crippen LogP contribution is -2.37. The normalized spacial score (nSPS) is 21.8. The van der Waals surface area contributed by atoms with E-state index in [9.17, 15) is 4.79 Å². The van der Waals surface area contributed by atoms with Crippen LogP contribution in [0.5, 0.6) is 0 Å². The lowest BCUT2D eigenvalue weighted by atomic mass is 10.0. The summed E-state index contributed by atoms with van der Waals surface area (Å²) in [6.07, 6.45) is 4.35. The number of hydrogen-bond acceptors (Lipinski definition) is 4. The van der Waals surface area contributed by atoms with Gasteiger partial charge in [0.1, 0.15) is 5.69 Å². The molecular formula is C10H15BrN4O. The molecule has 1 unspecified atom stereocenters. The summed E-state index contributed by atoms with van der Waals surface area (Å²) in [5.41, 5.74) is 0.555. The maximum Gasteiger partial charge on any atom is 0.200 e. The van der Waals surface area contributed by atoms with Gasteiger partial charge in [-0.25, -0.2) is 4.68 Å². The van der Waals surface area contributed by atoms with Crippen molar-refractivity contribution in [2.45, 2.75) is 31.7 Å². The lowest BCUT2D eigenvalue weighted by Gasteiger charge is -2.13. The minimum atomic E-state index is -0.0870. The number of ketones is 1. The molecule has 2 heterocycles. The number of hydrogen-bond donors (Lipinski definition) is 1. The molecule has 0 saturated carbocycles. The zero-order chi connectivity index (χ0) is 11.5. The molecular weight excluding hydrogens is 272 g/mol. The molecule has 1 aliphatic rings. The average molecular weight is 287 g/mol. The van der Waals surface area contributed by atoms with Crippen molar-refractivity contribution in [2.24, 2.45) is 7.05 Å². The second kappa shape index (κ2) is 5.05. The Balaban J connectivity index is 2.17. The van der Waals surface area contributed by atoms with Crippen LogP contribution in [0.2, 0.25) is 0 Å². The third kappa shape index (κ3) is 2.32. The van der Waals surface area contributed by atoms with Crippen LogP contribution in [0.1, 0.15) is 36.2 Å². The number of nitrogens with one attached hydrogen (secondary N) is 1. The number of aromatic nitrogens is 3. The molecule has 1 atom stereocenters. The van der Waals surface area contributed by atoms with Crippen molar-refractivity contribution in [3.05, 3.63) is 10.3 Å². The molecule has 1 aliphatic heterocycles. The topological polar surface area (TPSA) is 59.8 Å². The number of aryl methyl sites for hydroxylation is 1. The Hall–Kier alpha value is -0.750. The van der Waals surface area contributed by atoms with Gasteiger partial charge in [0.05, 0.1) is 6.04 Å². The van der Waals surface area contributed by atoms with Gasteiger partial charge in [0.2, 0.25) is 5.78 Å². The highest BCUT2D eigenvalue weighted by Crippen LogP contribution is 2.17. The van der Waals surface area contributed by atoms with Crippen LogP contribution in [0, 0.1) is 0 Å². The van der Waals surface area contributed by atoms with E-state index in [0.717, 1.165) is 25.8 Å². The van der Waals surface area contributed by atoms with Crippen LogP contribution in [0.15, 0.2) is 4.60 Å². The first-order valence-corrected chi connectivity index (χ1v) is 6.32. The second-order valence-corrected chi connectivity index (χ2v) is 4.82. The van der Waals surface area contributed by atoms with E-state index >= 15 is 0 Å². The van der Waals surface area contributed by atoms with Gasteiger partial charge >= 0.3 is 0 Å². The highest BCUT2D eigenvalue weighted by molar-refractivity contribution is 9.10. The van der Waals surface area contributed by atoms with Gasteiger partial charge in [-0.05, 0) is 35.3 Å². The molecule has 0 radical (unpaired) electrons. The number of Topliss-reactive ketones (excluding diaryl/α,β-unsaturated/α-hetero) is 1. The van der Waals surface area contributed by atoms with Gasteiger partial charge in [0.15, 0.2) is 4.60 Å². The first kappa shape index (κ1) is 11.7. The summed E-state index contributed by atoms with van der Waals surface area (Å²) in [6.45, 7) is 0.916. The number of carbonyl (C=O) groups excluding carboxylic acids is 1. The molecule has 16 heavy (non-hydrogen) atoms. The Labute approximate surface area is 103 Å². The fraction of sp³-hybridized carbons (Fsp3) is 0.700. The van der Waals surface area contributed by atoms with E-state index in [-0.39, 0.29) is 11.8 Å². The minimum Gasteiger partial charge on any atom is -0.307 e. The highest BCUT2D eigenvalue weighted by Gasteiger charge is 2.26. The van der Waals surface area contributed by atoms with Crippen LogP contribution in [0.25, 0.3) is 0 Å². The van der Waals surface area contributed by atoms with Crippen molar-refractivity contribution in [1.29, 1.82) is 0 Å². The first-order chi connectivity index (χ1) is 7.70. The fourth-order valence-electron chi connectivity index (χ4n) is 2.01. The number of carbonyl (C=O) groups is 1. The van der Waals surface area contributed by atoms with E-state index in [2.05, 4.69) is 31.6 Å². The van der Waals surface area contributed by atoms with Crippen LogP contribution in [-0.2, 0) is 7.05 Å². The highest BCUT2D eigenvalue weighted by atomic mass is 79.9. The maximum absolute atomic E-state index is 12.3. The average Bonchev–Trinajstić information content (AvgIpc) is 2.51. The maximum atomic E-state index is 12.3. The number of halogens is 1. The molecule has 0 aromatic carbocycles. The van der Waals surface area contributed by atoms with Crippen LogP contribution in [0.4, 0.5) is 0 Å². The summed E-state index contributed by atoms with van der Waals surface area (Å²) >= 11 is 3.26. The predicted octanol–water partition coefficient (Wildman–Crippen LogP) is 1.29. The zero-order valence-electron chi connectivity index (χ0n) is 9.24. The molecule has 1 saturated heterocycles. The molecule has 0 amide bonds. The third-order valence-electron chi connectivity index (χ3n) is 2.90. The summed E-state index contributed by atoms with van der Waals surface area (Å²) in [7, 11) is 1.74. The van der Waals surface area contributed by atoms with Crippen LogP contribution >= 0.6 is 15.9 Å². The van der Waals surface area contributed by atoms with E-state index in [1.54, 1.807) is 7.05 Å². The van der Waals surface area contributed by atoms with E-state index in [1.807, 2.05) is 0 Å². The second-order valence-electron chi connectivity index (χ2n) is 4.07. The summed E-state index contributed by atoms with van der Waals surface area (Å²) in [5.74, 6) is 0.0845. The minimum absolute atomic E-state index is 0.0845. The molecule has 1 N–H and O–H groups in total. The zero-order valence-corrected chi connectivity index (χ0v) is 10.8. The SMILES string of the molecule is Cn1nnc(Br)c1C(=O)C1CCCCCN1. The van der Waals surface area contributed by atoms with Crippen LogP contribution in [0.3, 0.4) is 0 Å². The van der Waals surface area contributed by atoms with E-state index in [4.69, 9.17) is 0 Å². The molecule has 0 bridgehead atoms. The molecule has 1 aromatic rings. The van der Waals surface area contributed by atoms with Crippen molar-refractivity contribution < 1.29 is 4.79 Å². The smallest absolute Gasteiger partial charge is 0.200 e. The van der Waals surface area contributed by atoms with Crippen molar-refractivity contribution in [2.75, 3.05) is 6.54 Å². The van der Waals surface area contributed by atoms with E-state index in [0.29, 0.717) is 10.3 Å². The lowest BCUT2D eigenvalue weighted by molar-refractivity contribution is 0.0930. The number of rotatable bonds is 2. The van der Waals surface area contributed by atoms with Gasteiger partial charge in [0, 0.05) is 7.05 Å². The largest absolute Gasteiger partial charge is 0.307 e. The number of nitrogens with zero attached hydrogens (tertiary/aromatic N) is 3. The Morgan fingerprint density at radius 1 is 1.50 bits per heavy atom. The Morgan fingerprint density at radius 2 is 2.31 bits per heavy atom. The van der Waals surface area contributed by atoms with Crippen LogP contribution < -0.4 is 5.32 Å². The van der Waals surface area contributed by atoms with Crippen molar-refractivity contribution in [1.82, 2.24) is 20.3 Å². The molecule has 5 nitrogen and oxygen atoms in total. The molecule has 0 spiro atoms. The van der Waals surface area contributed by atoms with Crippen LogP contribution in [-0.4, -0.2) is 33.4 Å². The van der Waals surface area contributed by atoms with Crippen molar-refractivity contribution in [3.63, 3.8) is 0 Å². The molecule has 1 fully saturated rings. The monoisotopic (exact) mass is 286 g/mol. The predicted molar refractivity (Wildman–Crippen MR) is 63.3 cm³/mol. The fourth-order valence-corrected chi connectivity index (χ4v) is 2.53. The first-order valence-electron chi connectivity index (χ1n) is 5.53. The van der Waals surface area contributed by atoms with Crippen molar-refractivity contribution >= 4 is 21.7 Å². The Kier molecular flexibility index (Phi) is 3.70. The Morgan fingerprint density at radius 3 is 3.00 bits per heavy atom. The summed E-state index contributed by atoms with van der Waals surface area (Å²) in [5, 5.41) is 10.9. The summed E-state index contributed by atoms with van der Waals surface area (Å²) < 4.78 is 2.06.